The number of benzene rings is 1. The SMILES string of the molecule is Cc1c(NC(=O)Cc2cccc(O)c2)cnn1C1CCCC1. The Morgan fingerprint density at radius 1 is 1.41 bits per heavy atom. The fourth-order valence-electron chi connectivity index (χ4n) is 3.11. The molecule has 0 bridgehead atoms. The lowest BCUT2D eigenvalue weighted by molar-refractivity contribution is -0.115. The zero-order valence-electron chi connectivity index (χ0n) is 12.7. The highest BCUT2D eigenvalue weighted by atomic mass is 16.3. The van der Waals surface area contributed by atoms with Gasteiger partial charge in [-0.25, -0.2) is 0 Å². The third-order valence-corrected chi connectivity index (χ3v) is 4.26. The molecule has 0 unspecified atom stereocenters. The number of phenols is 1. The van der Waals surface area contributed by atoms with E-state index in [-0.39, 0.29) is 18.1 Å². The molecule has 1 aromatic heterocycles. The van der Waals surface area contributed by atoms with Crippen molar-refractivity contribution >= 4 is 11.6 Å². The predicted molar refractivity (Wildman–Crippen MR) is 84.9 cm³/mol. The summed E-state index contributed by atoms with van der Waals surface area (Å²) in [7, 11) is 0. The average Bonchev–Trinajstić information content (AvgIpc) is 3.10. The largest absolute Gasteiger partial charge is 0.508 e. The fraction of sp³-hybridized carbons (Fsp3) is 0.412. The first-order valence-electron chi connectivity index (χ1n) is 7.75. The maximum absolute atomic E-state index is 12.1. The number of aromatic hydroxyl groups is 1. The summed E-state index contributed by atoms with van der Waals surface area (Å²) < 4.78 is 2.04. The zero-order valence-corrected chi connectivity index (χ0v) is 12.7. The van der Waals surface area contributed by atoms with Crippen LogP contribution in [-0.2, 0) is 11.2 Å². The Morgan fingerprint density at radius 3 is 2.91 bits per heavy atom. The van der Waals surface area contributed by atoms with E-state index in [0.29, 0.717) is 6.04 Å². The van der Waals surface area contributed by atoms with E-state index in [2.05, 4.69) is 10.4 Å². The van der Waals surface area contributed by atoms with Crippen LogP contribution in [-0.4, -0.2) is 20.8 Å². The molecule has 22 heavy (non-hydrogen) atoms. The van der Waals surface area contributed by atoms with Gasteiger partial charge in [0.15, 0.2) is 0 Å². The number of hydrogen-bond donors (Lipinski definition) is 2. The number of hydrogen-bond acceptors (Lipinski definition) is 3. The molecule has 1 saturated carbocycles. The van der Waals surface area contributed by atoms with E-state index in [4.69, 9.17) is 0 Å². The van der Waals surface area contributed by atoms with Gasteiger partial charge in [-0.2, -0.15) is 5.10 Å². The van der Waals surface area contributed by atoms with Gasteiger partial charge >= 0.3 is 0 Å². The van der Waals surface area contributed by atoms with E-state index in [1.54, 1.807) is 24.4 Å². The van der Waals surface area contributed by atoms with Gasteiger partial charge in [-0.15, -0.1) is 0 Å². The number of carbonyl (C=O) groups is 1. The summed E-state index contributed by atoms with van der Waals surface area (Å²) in [5.41, 5.74) is 2.58. The molecule has 0 aliphatic heterocycles. The maximum atomic E-state index is 12.1. The Labute approximate surface area is 130 Å². The van der Waals surface area contributed by atoms with Crippen LogP contribution in [0.4, 0.5) is 5.69 Å². The Hall–Kier alpha value is -2.30. The second kappa shape index (κ2) is 6.22. The number of carbonyl (C=O) groups excluding carboxylic acids is 1. The van der Waals surface area contributed by atoms with E-state index in [9.17, 15) is 9.90 Å². The highest BCUT2D eigenvalue weighted by Crippen LogP contribution is 2.31. The number of nitrogens with one attached hydrogen (secondary N) is 1. The smallest absolute Gasteiger partial charge is 0.228 e. The summed E-state index contributed by atoms with van der Waals surface area (Å²) in [4.78, 5) is 12.1. The van der Waals surface area contributed by atoms with Crippen molar-refractivity contribution in [3.63, 3.8) is 0 Å². The molecule has 5 heteroatoms. The summed E-state index contributed by atoms with van der Waals surface area (Å²) in [6.07, 6.45) is 6.81. The van der Waals surface area contributed by atoms with Gasteiger partial charge < -0.3 is 10.4 Å². The topological polar surface area (TPSA) is 67.2 Å². The van der Waals surface area contributed by atoms with Gasteiger partial charge in [0, 0.05) is 0 Å². The van der Waals surface area contributed by atoms with Gasteiger partial charge in [0.1, 0.15) is 5.75 Å². The summed E-state index contributed by atoms with van der Waals surface area (Å²) in [6.45, 7) is 2.00. The first-order valence-corrected chi connectivity index (χ1v) is 7.75. The Bertz CT molecular complexity index is 672. The lowest BCUT2D eigenvalue weighted by Gasteiger charge is -2.12. The zero-order chi connectivity index (χ0) is 15.5. The van der Waals surface area contributed by atoms with E-state index in [1.165, 1.54) is 25.7 Å². The van der Waals surface area contributed by atoms with Crippen molar-refractivity contribution in [1.29, 1.82) is 0 Å². The minimum atomic E-state index is -0.0975. The molecule has 1 fully saturated rings. The Balaban J connectivity index is 1.66. The van der Waals surface area contributed by atoms with Crippen LogP contribution >= 0.6 is 0 Å². The predicted octanol–water partition coefficient (Wildman–Crippen LogP) is 3.19. The van der Waals surface area contributed by atoms with Crippen molar-refractivity contribution in [2.24, 2.45) is 0 Å². The van der Waals surface area contributed by atoms with Crippen molar-refractivity contribution in [2.45, 2.75) is 45.1 Å². The molecule has 2 N–H and O–H groups in total. The number of rotatable bonds is 4. The molecule has 116 valence electrons. The van der Waals surface area contributed by atoms with Crippen LogP contribution < -0.4 is 5.32 Å². The molecule has 1 heterocycles. The van der Waals surface area contributed by atoms with Crippen molar-refractivity contribution in [2.75, 3.05) is 5.32 Å². The molecule has 1 amide bonds. The third kappa shape index (κ3) is 3.13. The molecule has 5 nitrogen and oxygen atoms in total. The van der Waals surface area contributed by atoms with Gasteiger partial charge in [-0.1, -0.05) is 25.0 Å². The van der Waals surface area contributed by atoms with Crippen LogP contribution in [0.25, 0.3) is 0 Å². The third-order valence-electron chi connectivity index (χ3n) is 4.26. The molecular weight excluding hydrogens is 278 g/mol. The van der Waals surface area contributed by atoms with Gasteiger partial charge in [0.25, 0.3) is 0 Å². The first-order chi connectivity index (χ1) is 10.6. The molecule has 1 aliphatic carbocycles. The summed E-state index contributed by atoms with van der Waals surface area (Å²) in [5.74, 6) is 0.0789. The first kappa shape index (κ1) is 14.6. The normalized spacial score (nSPS) is 15.1. The molecule has 0 radical (unpaired) electrons. The van der Waals surface area contributed by atoms with Gasteiger partial charge in [0.05, 0.1) is 30.0 Å². The van der Waals surface area contributed by atoms with E-state index in [1.807, 2.05) is 17.7 Å². The van der Waals surface area contributed by atoms with Crippen LogP contribution in [0.5, 0.6) is 5.75 Å². The molecule has 2 aromatic rings. The highest BCUT2D eigenvalue weighted by Gasteiger charge is 2.20. The lowest BCUT2D eigenvalue weighted by Crippen LogP contribution is -2.15. The number of amides is 1. The highest BCUT2D eigenvalue weighted by molar-refractivity contribution is 5.92. The van der Waals surface area contributed by atoms with Gasteiger partial charge in [-0.3, -0.25) is 9.48 Å². The second-order valence-corrected chi connectivity index (χ2v) is 5.92. The number of phenolic OH excluding ortho intramolecular Hbond substituents is 1. The molecule has 0 spiro atoms. The minimum absolute atomic E-state index is 0.0975. The number of anilines is 1. The Kier molecular flexibility index (Phi) is 4.13. The number of aromatic nitrogens is 2. The quantitative estimate of drug-likeness (QED) is 0.911. The van der Waals surface area contributed by atoms with Gasteiger partial charge in [-0.05, 0) is 37.5 Å². The monoisotopic (exact) mass is 299 g/mol. The number of nitrogens with zero attached hydrogens (tertiary/aromatic N) is 2. The van der Waals surface area contributed by atoms with Crippen molar-refractivity contribution in [1.82, 2.24) is 9.78 Å². The molecule has 0 atom stereocenters. The maximum Gasteiger partial charge on any atom is 0.228 e. The Morgan fingerprint density at radius 2 is 2.18 bits per heavy atom. The van der Waals surface area contributed by atoms with Crippen molar-refractivity contribution in [3.8, 4) is 5.75 Å². The summed E-state index contributed by atoms with van der Waals surface area (Å²) in [5, 5.41) is 16.8. The van der Waals surface area contributed by atoms with Crippen molar-refractivity contribution in [3.05, 3.63) is 41.7 Å². The van der Waals surface area contributed by atoms with Crippen LogP contribution in [0, 0.1) is 6.92 Å². The van der Waals surface area contributed by atoms with Crippen LogP contribution in [0.2, 0.25) is 0 Å². The minimum Gasteiger partial charge on any atom is -0.508 e. The van der Waals surface area contributed by atoms with E-state index < -0.39 is 0 Å². The summed E-state index contributed by atoms with van der Waals surface area (Å²) >= 11 is 0. The van der Waals surface area contributed by atoms with E-state index >= 15 is 0 Å². The molecule has 1 aliphatic rings. The van der Waals surface area contributed by atoms with Gasteiger partial charge in [0.2, 0.25) is 5.91 Å². The lowest BCUT2D eigenvalue weighted by atomic mass is 10.1. The van der Waals surface area contributed by atoms with Crippen molar-refractivity contribution < 1.29 is 9.90 Å². The molecular formula is C17H21N3O2. The molecule has 3 rings (SSSR count). The van der Waals surface area contributed by atoms with Crippen LogP contribution in [0.15, 0.2) is 30.5 Å². The standard InChI is InChI=1S/C17H21N3O2/c1-12-16(11-18-20(12)14-6-2-3-7-14)19-17(22)10-13-5-4-8-15(21)9-13/h4-5,8-9,11,14,21H,2-3,6-7,10H2,1H3,(H,19,22). The fourth-order valence-corrected chi connectivity index (χ4v) is 3.11. The van der Waals surface area contributed by atoms with Crippen LogP contribution in [0.1, 0.15) is 43.0 Å². The van der Waals surface area contributed by atoms with Crippen LogP contribution in [0.3, 0.4) is 0 Å². The summed E-state index contributed by atoms with van der Waals surface area (Å²) in [6, 6.07) is 7.23. The second-order valence-electron chi connectivity index (χ2n) is 5.92. The molecule has 0 saturated heterocycles. The average molecular weight is 299 g/mol. The van der Waals surface area contributed by atoms with E-state index in [0.717, 1.165) is 16.9 Å². The molecule has 1 aromatic carbocycles.